The Morgan fingerprint density at radius 1 is 1.23 bits per heavy atom. The first-order chi connectivity index (χ1) is 10.4. The molecule has 1 aromatic rings. The predicted molar refractivity (Wildman–Crippen MR) is 75.0 cm³/mol. The van der Waals surface area contributed by atoms with Gasteiger partial charge in [-0.05, 0) is 24.3 Å². The molecular formula is C15H19F3N2O2. The molecule has 4 nitrogen and oxygen atoms in total. The van der Waals surface area contributed by atoms with Crippen molar-refractivity contribution in [3.8, 4) is 0 Å². The minimum atomic E-state index is -4.26. The number of benzene rings is 1. The van der Waals surface area contributed by atoms with Crippen molar-refractivity contribution < 1.29 is 22.7 Å². The number of nitrogens with one attached hydrogen (secondary N) is 1. The van der Waals surface area contributed by atoms with E-state index in [1.54, 1.807) is 0 Å². The summed E-state index contributed by atoms with van der Waals surface area (Å²) in [4.78, 5) is 12.1. The second kappa shape index (κ2) is 7.49. The highest BCUT2D eigenvalue weighted by atomic mass is 19.4. The number of likely N-dealkylation sites (tertiary alicyclic amines) is 1. The first kappa shape index (κ1) is 16.6. The molecule has 1 saturated heterocycles. The number of rotatable bonds is 4. The molecule has 0 aliphatic carbocycles. The van der Waals surface area contributed by atoms with Crippen molar-refractivity contribution in [2.45, 2.75) is 25.7 Å². The Morgan fingerprint density at radius 2 is 1.86 bits per heavy atom. The molecule has 1 heterocycles. The largest absolute Gasteiger partial charge is 0.459 e. The van der Waals surface area contributed by atoms with Gasteiger partial charge in [-0.2, -0.15) is 13.2 Å². The van der Waals surface area contributed by atoms with Crippen molar-refractivity contribution in [2.24, 2.45) is 5.92 Å². The number of piperidine rings is 1. The van der Waals surface area contributed by atoms with Crippen LogP contribution in [0.15, 0.2) is 30.3 Å². The second-order valence-corrected chi connectivity index (χ2v) is 5.34. The summed E-state index contributed by atoms with van der Waals surface area (Å²) < 4.78 is 42.5. The van der Waals surface area contributed by atoms with E-state index in [1.807, 2.05) is 30.3 Å². The van der Waals surface area contributed by atoms with Crippen LogP contribution in [0.5, 0.6) is 0 Å². The zero-order chi connectivity index (χ0) is 16.0. The smallest absolute Gasteiger partial charge is 0.445 e. The number of alkyl halides is 3. The normalized spacial score (nSPS) is 17.2. The third-order valence-electron chi connectivity index (χ3n) is 3.72. The van der Waals surface area contributed by atoms with Gasteiger partial charge in [0.1, 0.15) is 6.61 Å². The van der Waals surface area contributed by atoms with Crippen LogP contribution in [-0.4, -0.2) is 36.9 Å². The molecule has 0 unspecified atom stereocenters. The van der Waals surface area contributed by atoms with Crippen LogP contribution in [-0.2, 0) is 11.3 Å². The first-order valence-corrected chi connectivity index (χ1v) is 7.21. The summed E-state index contributed by atoms with van der Waals surface area (Å²) in [5.74, 6) is 0.0582. The highest BCUT2D eigenvalue weighted by Gasteiger charge is 2.39. The molecule has 22 heavy (non-hydrogen) atoms. The number of alkyl carbamates (subject to hydrolysis) is 1. The number of ether oxygens (including phenoxy) is 1. The maximum Gasteiger partial charge on any atom is 0.459 e. The highest BCUT2D eigenvalue weighted by Crippen LogP contribution is 2.27. The summed E-state index contributed by atoms with van der Waals surface area (Å²) >= 11 is 0. The summed E-state index contributed by atoms with van der Waals surface area (Å²) in [6.45, 7) is 0.488. The van der Waals surface area contributed by atoms with Gasteiger partial charge in [-0.25, -0.2) is 9.69 Å². The van der Waals surface area contributed by atoms with Crippen LogP contribution < -0.4 is 5.32 Å². The van der Waals surface area contributed by atoms with Crippen LogP contribution in [0.25, 0.3) is 0 Å². The molecule has 0 atom stereocenters. The van der Waals surface area contributed by atoms with Crippen molar-refractivity contribution in [3.05, 3.63) is 35.9 Å². The monoisotopic (exact) mass is 316 g/mol. The molecule has 1 amide bonds. The van der Waals surface area contributed by atoms with E-state index in [9.17, 15) is 18.0 Å². The van der Waals surface area contributed by atoms with Gasteiger partial charge < -0.3 is 10.1 Å². The van der Waals surface area contributed by atoms with Gasteiger partial charge in [0.05, 0.1) is 0 Å². The summed E-state index contributed by atoms with van der Waals surface area (Å²) in [5.41, 5.74) is 0.885. The molecule has 0 spiro atoms. The van der Waals surface area contributed by atoms with Crippen LogP contribution in [0.3, 0.4) is 0 Å². The molecule has 2 rings (SSSR count). The molecule has 1 N–H and O–H groups in total. The van der Waals surface area contributed by atoms with Crippen molar-refractivity contribution in [1.29, 1.82) is 0 Å². The number of hydrogen-bond donors (Lipinski definition) is 1. The average molecular weight is 316 g/mol. The Bertz CT molecular complexity index is 471. The van der Waals surface area contributed by atoms with Crippen LogP contribution in [0.4, 0.5) is 18.0 Å². The highest BCUT2D eigenvalue weighted by molar-refractivity contribution is 5.67. The van der Waals surface area contributed by atoms with Crippen molar-refractivity contribution in [3.63, 3.8) is 0 Å². The molecule has 0 saturated carbocycles. The average Bonchev–Trinajstić information content (AvgIpc) is 2.51. The third kappa shape index (κ3) is 5.22. The Hall–Kier alpha value is -1.76. The molecule has 122 valence electrons. The molecule has 0 aromatic heterocycles. The standard InChI is InChI=1S/C15H19F3N2O2/c16-15(17,18)20-8-6-12(7-9-20)10-19-14(21)22-11-13-4-2-1-3-5-13/h1-5,12H,6-11H2,(H,19,21). The Kier molecular flexibility index (Phi) is 5.65. The predicted octanol–water partition coefficient (Wildman–Crippen LogP) is 3.14. The zero-order valence-corrected chi connectivity index (χ0v) is 12.1. The molecule has 1 aromatic carbocycles. The number of carbonyl (C=O) groups is 1. The van der Waals surface area contributed by atoms with E-state index in [4.69, 9.17) is 4.74 Å². The first-order valence-electron chi connectivity index (χ1n) is 7.21. The van der Waals surface area contributed by atoms with Gasteiger partial charge in [0.2, 0.25) is 0 Å². The number of halogens is 3. The molecule has 1 aliphatic rings. The quantitative estimate of drug-likeness (QED) is 0.868. The van der Waals surface area contributed by atoms with E-state index >= 15 is 0 Å². The van der Waals surface area contributed by atoms with Gasteiger partial charge in [-0.3, -0.25) is 0 Å². The van der Waals surface area contributed by atoms with E-state index < -0.39 is 12.4 Å². The van der Waals surface area contributed by atoms with Gasteiger partial charge in [0.15, 0.2) is 0 Å². The Morgan fingerprint density at radius 3 is 2.45 bits per heavy atom. The molecule has 1 aliphatic heterocycles. The Labute approximate surface area is 127 Å². The van der Waals surface area contributed by atoms with Crippen LogP contribution in [0.1, 0.15) is 18.4 Å². The fourth-order valence-corrected chi connectivity index (χ4v) is 2.39. The summed E-state index contributed by atoms with van der Waals surface area (Å²) in [7, 11) is 0. The van der Waals surface area contributed by atoms with E-state index in [2.05, 4.69) is 5.32 Å². The number of hydrogen-bond acceptors (Lipinski definition) is 3. The second-order valence-electron chi connectivity index (χ2n) is 5.34. The fourth-order valence-electron chi connectivity index (χ4n) is 2.39. The molecule has 0 radical (unpaired) electrons. The van der Waals surface area contributed by atoms with Gasteiger partial charge in [0.25, 0.3) is 0 Å². The Balaban J connectivity index is 1.63. The van der Waals surface area contributed by atoms with E-state index in [0.717, 1.165) is 5.56 Å². The maximum atomic E-state index is 12.5. The van der Waals surface area contributed by atoms with Gasteiger partial charge in [-0.1, -0.05) is 30.3 Å². The summed E-state index contributed by atoms with van der Waals surface area (Å²) in [6, 6.07) is 9.27. The van der Waals surface area contributed by atoms with Crippen molar-refractivity contribution >= 4 is 6.09 Å². The third-order valence-corrected chi connectivity index (χ3v) is 3.72. The van der Waals surface area contributed by atoms with Crippen molar-refractivity contribution in [1.82, 2.24) is 10.2 Å². The fraction of sp³-hybridized carbons (Fsp3) is 0.533. The van der Waals surface area contributed by atoms with Gasteiger partial charge in [0, 0.05) is 19.6 Å². The minimum Gasteiger partial charge on any atom is -0.445 e. The van der Waals surface area contributed by atoms with Crippen LogP contribution in [0, 0.1) is 5.92 Å². The lowest BCUT2D eigenvalue weighted by Gasteiger charge is -2.32. The molecule has 0 bridgehead atoms. The summed E-state index contributed by atoms with van der Waals surface area (Å²) in [5, 5.41) is 2.62. The van der Waals surface area contributed by atoms with Crippen LogP contribution in [0.2, 0.25) is 0 Å². The van der Waals surface area contributed by atoms with E-state index in [0.29, 0.717) is 24.3 Å². The number of carbonyl (C=O) groups excluding carboxylic acids is 1. The van der Waals surface area contributed by atoms with E-state index in [-0.39, 0.29) is 25.6 Å². The lowest BCUT2D eigenvalue weighted by Crippen LogP contribution is -2.45. The zero-order valence-electron chi connectivity index (χ0n) is 12.1. The van der Waals surface area contributed by atoms with Gasteiger partial charge in [-0.15, -0.1) is 0 Å². The molecular weight excluding hydrogens is 297 g/mol. The number of nitrogens with zero attached hydrogens (tertiary/aromatic N) is 1. The van der Waals surface area contributed by atoms with E-state index in [1.165, 1.54) is 0 Å². The topological polar surface area (TPSA) is 41.6 Å². The minimum absolute atomic E-state index is 0.0189. The van der Waals surface area contributed by atoms with Crippen molar-refractivity contribution in [2.75, 3.05) is 19.6 Å². The van der Waals surface area contributed by atoms with Gasteiger partial charge >= 0.3 is 12.4 Å². The maximum absolute atomic E-state index is 12.5. The summed E-state index contributed by atoms with van der Waals surface area (Å²) in [6.07, 6.45) is -3.97. The lowest BCUT2D eigenvalue weighted by atomic mass is 9.97. The molecule has 1 fully saturated rings. The van der Waals surface area contributed by atoms with Crippen LogP contribution >= 0.6 is 0 Å². The lowest BCUT2D eigenvalue weighted by molar-refractivity contribution is -0.251. The number of amides is 1. The molecule has 7 heteroatoms. The SMILES string of the molecule is O=C(NCC1CCN(C(F)(F)F)CC1)OCc1ccccc1.